The van der Waals surface area contributed by atoms with Crippen LogP contribution in [-0.2, 0) is 6.54 Å². The molecule has 0 saturated heterocycles. The first-order chi connectivity index (χ1) is 11.1. The van der Waals surface area contributed by atoms with Crippen molar-refractivity contribution in [3.63, 3.8) is 0 Å². The Hall–Kier alpha value is -3.02. The molecule has 0 aliphatic rings. The van der Waals surface area contributed by atoms with Gasteiger partial charge in [-0.05, 0) is 17.7 Å². The van der Waals surface area contributed by atoms with Gasteiger partial charge < -0.3 is 5.32 Å². The van der Waals surface area contributed by atoms with E-state index >= 15 is 0 Å². The SMILES string of the molecule is O=C(Nc1cc(F)cc(F)c1)c1cnn(Cc2ccccc2)c1. The summed E-state index contributed by atoms with van der Waals surface area (Å²) in [6.07, 6.45) is 2.99. The molecule has 0 aliphatic heterocycles. The van der Waals surface area contributed by atoms with Gasteiger partial charge in [0.15, 0.2) is 0 Å². The molecule has 1 N–H and O–H groups in total. The highest BCUT2D eigenvalue weighted by atomic mass is 19.1. The average Bonchev–Trinajstić information content (AvgIpc) is 2.96. The largest absolute Gasteiger partial charge is 0.322 e. The molecule has 3 aromatic rings. The van der Waals surface area contributed by atoms with E-state index in [9.17, 15) is 13.6 Å². The number of carbonyl (C=O) groups is 1. The normalized spacial score (nSPS) is 10.5. The molecule has 1 aromatic heterocycles. The molecule has 0 unspecified atom stereocenters. The summed E-state index contributed by atoms with van der Waals surface area (Å²) in [6.45, 7) is 0.530. The van der Waals surface area contributed by atoms with Gasteiger partial charge >= 0.3 is 0 Å². The van der Waals surface area contributed by atoms with Crippen LogP contribution in [0.25, 0.3) is 0 Å². The molecule has 6 heteroatoms. The molecule has 2 aromatic carbocycles. The van der Waals surface area contributed by atoms with Crippen LogP contribution in [-0.4, -0.2) is 15.7 Å². The van der Waals surface area contributed by atoms with Gasteiger partial charge in [-0.3, -0.25) is 9.48 Å². The van der Waals surface area contributed by atoms with Crippen molar-refractivity contribution in [3.05, 3.63) is 83.7 Å². The second-order valence-electron chi connectivity index (χ2n) is 5.02. The Morgan fingerprint density at radius 2 is 1.78 bits per heavy atom. The Labute approximate surface area is 131 Å². The number of aromatic nitrogens is 2. The molecular formula is C17H13F2N3O. The zero-order valence-electron chi connectivity index (χ0n) is 12.0. The van der Waals surface area contributed by atoms with Crippen LogP contribution in [0.15, 0.2) is 60.9 Å². The Bertz CT molecular complexity index is 811. The number of carbonyl (C=O) groups excluding carboxylic acids is 1. The predicted octanol–water partition coefficient (Wildman–Crippen LogP) is 3.46. The second kappa shape index (κ2) is 6.39. The van der Waals surface area contributed by atoms with Crippen molar-refractivity contribution in [2.75, 3.05) is 5.32 Å². The fourth-order valence-corrected chi connectivity index (χ4v) is 2.17. The summed E-state index contributed by atoms with van der Waals surface area (Å²) in [5.41, 5.74) is 1.42. The van der Waals surface area contributed by atoms with Crippen LogP contribution >= 0.6 is 0 Å². The summed E-state index contributed by atoms with van der Waals surface area (Å²) in [7, 11) is 0. The summed E-state index contributed by atoms with van der Waals surface area (Å²) in [5.74, 6) is -1.98. The van der Waals surface area contributed by atoms with Crippen LogP contribution in [0, 0.1) is 11.6 Å². The van der Waals surface area contributed by atoms with Crippen molar-refractivity contribution >= 4 is 11.6 Å². The maximum Gasteiger partial charge on any atom is 0.258 e. The van der Waals surface area contributed by atoms with Crippen molar-refractivity contribution in [3.8, 4) is 0 Å². The van der Waals surface area contributed by atoms with E-state index in [-0.39, 0.29) is 5.69 Å². The quantitative estimate of drug-likeness (QED) is 0.802. The van der Waals surface area contributed by atoms with Gasteiger partial charge in [0.25, 0.3) is 5.91 Å². The Morgan fingerprint density at radius 3 is 2.48 bits per heavy atom. The summed E-state index contributed by atoms with van der Waals surface area (Å²) in [5, 5.41) is 6.56. The number of amides is 1. The lowest BCUT2D eigenvalue weighted by Gasteiger charge is -2.04. The monoisotopic (exact) mass is 313 g/mol. The fourth-order valence-electron chi connectivity index (χ4n) is 2.17. The summed E-state index contributed by atoms with van der Waals surface area (Å²) in [6, 6.07) is 12.5. The number of anilines is 1. The van der Waals surface area contributed by atoms with E-state index in [1.54, 1.807) is 10.9 Å². The Morgan fingerprint density at radius 1 is 1.09 bits per heavy atom. The van der Waals surface area contributed by atoms with Gasteiger partial charge in [0.2, 0.25) is 0 Å². The van der Waals surface area contributed by atoms with Crippen LogP contribution in [0.5, 0.6) is 0 Å². The third-order valence-corrected chi connectivity index (χ3v) is 3.20. The van der Waals surface area contributed by atoms with Crippen molar-refractivity contribution < 1.29 is 13.6 Å². The lowest BCUT2D eigenvalue weighted by atomic mass is 10.2. The number of benzene rings is 2. The Kier molecular flexibility index (Phi) is 4.14. The summed E-state index contributed by atoms with van der Waals surface area (Å²) >= 11 is 0. The lowest BCUT2D eigenvalue weighted by Crippen LogP contribution is -2.11. The number of nitrogens with one attached hydrogen (secondary N) is 1. The lowest BCUT2D eigenvalue weighted by molar-refractivity contribution is 0.102. The number of hydrogen-bond donors (Lipinski definition) is 1. The third kappa shape index (κ3) is 3.79. The van der Waals surface area contributed by atoms with Crippen molar-refractivity contribution in [1.29, 1.82) is 0 Å². The van der Waals surface area contributed by atoms with E-state index in [4.69, 9.17) is 0 Å². The highest BCUT2D eigenvalue weighted by Gasteiger charge is 2.10. The number of halogens is 2. The van der Waals surface area contributed by atoms with E-state index in [0.29, 0.717) is 12.1 Å². The summed E-state index contributed by atoms with van der Waals surface area (Å²) < 4.78 is 27.9. The molecule has 1 amide bonds. The minimum absolute atomic E-state index is 0.0586. The molecule has 1 heterocycles. The van der Waals surface area contributed by atoms with Crippen LogP contribution in [0.3, 0.4) is 0 Å². The van der Waals surface area contributed by atoms with Gasteiger partial charge in [0.1, 0.15) is 11.6 Å². The van der Waals surface area contributed by atoms with Crippen molar-refractivity contribution in [2.45, 2.75) is 6.54 Å². The van der Waals surface area contributed by atoms with E-state index < -0.39 is 17.5 Å². The predicted molar refractivity (Wildman–Crippen MR) is 82.1 cm³/mol. The van der Waals surface area contributed by atoms with Gasteiger partial charge in [-0.15, -0.1) is 0 Å². The van der Waals surface area contributed by atoms with Gasteiger partial charge in [0, 0.05) is 18.0 Å². The molecule has 0 fully saturated rings. The maximum absolute atomic E-state index is 13.1. The van der Waals surface area contributed by atoms with E-state index in [1.807, 2.05) is 30.3 Å². The van der Waals surface area contributed by atoms with Crippen molar-refractivity contribution in [2.24, 2.45) is 0 Å². The zero-order chi connectivity index (χ0) is 16.2. The van der Waals surface area contributed by atoms with Gasteiger partial charge in [0.05, 0.1) is 18.3 Å². The third-order valence-electron chi connectivity index (χ3n) is 3.20. The minimum atomic E-state index is -0.750. The molecular weight excluding hydrogens is 300 g/mol. The van der Waals surface area contributed by atoms with Crippen LogP contribution in [0.1, 0.15) is 15.9 Å². The minimum Gasteiger partial charge on any atom is -0.322 e. The summed E-state index contributed by atoms with van der Waals surface area (Å²) in [4.78, 5) is 12.1. The molecule has 0 atom stereocenters. The van der Waals surface area contributed by atoms with E-state index in [0.717, 1.165) is 23.8 Å². The van der Waals surface area contributed by atoms with Crippen LogP contribution < -0.4 is 5.32 Å². The Balaban J connectivity index is 1.71. The smallest absolute Gasteiger partial charge is 0.258 e. The molecule has 0 radical (unpaired) electrons. The van der Waals surface area contributed by atoms with Gasteiger partial charge in [-0.1, -0.05) is 30.3 Å². The molecule has 4 nitrogen and oxygen atoms in total. The standard InChI is InChI=1S/C17H13F2N3O/c18-14-6-15(19)8-16(7-14)21-17(23)13-9-20-22(11-13)10-12-4-2-1-3-5-12/h1-9,11H,10H2,(H,21,23). The molecule has 0 saturated carbocycles. The number of nitrogens with zero attached hydrogens (tertiary/aromatic N) is 2. The molecule has 3 rings (SSSR count). The van der Waals surface area contributed by atoms with Gasteiger partial charge in [-0.2, -0.15) is 5.10 Å². The topological polar surface area (TPSA) is 46.9 Å². The number of hydrogen-bond acceptors (Lipinski definition) is 2. The van der Waals surface area contributed by atoms with E-state index in [2.05, 4.69) is 10.4 Å². The van der Waals surface area contributed by atoms with E-state index in [1.165, 1.54) is 6.20 Å². The zero-order valence-corrected chi connectivity index (χ0v) is 12.0. The first-order valence-electron chi connectivity index (χ1n) is 6.94. The average molecular weight is 313 g/mol. The second-order valence-corrected chi connectivity index (χ2v) is 5.02. The van der Waals surface area contributed by atoms with Crippen molar-refractivity contribution in [1.82, 2.24) is 9.78 Å². The molecule has 23 heavy (non-hydrogen) atoms. The van der Waals surface area contributed by atoms with Crippen LogP contribution in [0.4, 0.5) is 14.5 Å². The highest BCUT2D eigenvalue weighted by molar-refractivity contribution is 6.03. The molecule has 0 aliphatic carbocycles. The van der Waals surface area contributed by atoms with Gasteiger partial charge in [-0.25, -0.2) is 8.78 Å². The fraction of sp³-hybridized carbons (Fsp3) is 0.0588. The molecule has 0 bridgehead atoms. The highest BCUT2D eigenvalue weighted by Crippen LogP contribution is 2.14. The molecule has 0 spiro atoms. The van der Waals surface area contributed by atoms with Crippen LogP contribution in [0.2, 0.25) is 0 Å². The first kappa shape index (κ1) is 14.9. The molecule has 116 valence electrons. The maximum atomic E-state index is 13.1. The first-order valence-corrected chi connectivity index (χ1v) is 6.94. The number of rotatable bonds is 4.